The molecule has 0 aromatic heterocycles. The zero-order chi connectivity index (χ0) is 12.3. The van der Waals surface area contributed by atoms with Gasteiger partial charge in [0.25, 0.3) is 0 Å². The van der Waals surface area contributed by atoms with Gasteiger partial charge in [-0.1, -0.05) is 17.7 Å². The van der Waals surface area contributed by atoms with Crippen LogP contribution in [0.1, 0.15) is 18.4 Å². The first kappa shape index (κ1) is 15.2. The second-order valence-corrected chi connectivity index (χ2v) is 4.47. The van der Waals surface area contributed by atoms with Gasteiger partial charge >= 0.3 is 0 Å². The zero-order valence-electron chi connectivity index (χ0n) is 9.71. The van der Waals surface area contributed by atoms with Crippen molar-refractivity contribution in [3.63, 3.8) is 0 Å². The molecule has 1 unspecified atom stereocenters. The SMILES string of the molecule is Cl.O=C(NCc1c(F)cccc1Cl)C1CCCN1. The molecule has 1 fully saturated rings. The van der Waals surface area contributed by atoms with Gasteiger partial charge in [0.2, 0.25) is 5.91 Å². The van der Waals surface area contributed by atoms with Crippen molar-refractivity contribution in [1.29, 1.82) is 0 Å². The fourth-order valence-electron chi connectivity index (χ4n) is 1.91. The third-order valence-electron chi connectivity index (χ3n) is 2.88. The molecule has 100 valence electrons. The summed E-state index contributed by atoms with van der Waals surface area (Å²) in [5.41, 5.74) is 0.334. The summed E-state index contributed by atoms with van der Waals surface area (Å²) in [4.78, 5) is 11.7. The molecule has 1 atom stereocenters. The smallest absolute Gasteiger partial charge is 0.237 e. The van der Waals surface area contributed by atoms with E-state index in [-0.39, 0.29) is 30.9 Å². The van der Waals surface area contributed by atoms with Crippen LogP contribution in [-0.4, -0.2) is 18.5 Å². The number of carbonyl (C=O) groups excluding carboxylic acids is 1. The average Bonchev–Trinajstić information content (AvgIpc) is 2.81. The number of halogens is 3. The highest BCUT2D eigenvalue weighted by atomic mass is 35.5. The topological polar surface area (TPSA) is 41.1 Å². The van der Waals surface area contributed by atoms with Crippen LogP contribution in [-0.2, 0) is 11.3 Å². The lowest BCUT2D eigenvalue weighted by Crippen LogP contribution is -2.40. The number of benzene rings is 1. The van der Waals surface area contributed by atoms with Crippen LogP contribution in [0.2, 0.25) is 5.02 Å². The molecule has 0 saturated carbocycles. The van der Waals surface area contributed by atoms with Crippen LogP contribution in [0.15, 0.2) is 18.2 Å². The van der Waals surface area contributed by atoms with Gasteiger partial charge in [-0.15, -0.1) is 12.4 Å². The van der Waals surface area contributed by atoms with E-state index in [0.29, 0.717) is 10.6 Å². The Morgan fingerprint density at radius 1 is 1.56 bits per heavy atom. The summed E-state index contributed by atoms with van der Waals surface area (Å²) < 4.78 is 13.4. The van der Waals surface area contributed by atoms with Crippen molar-refractivity contribution >= 4 is 29.9 Å². The van der Waals surface area contributed by atoms with Gasteiger partial charge in [-0.05, 0) is 31.5 Å². The van der Waals surface area contributed by atoms with Crippen molar-refractivity contribution < 1.29 is 9.18 Å². The number of rotatable bonds is 3. The summed E-state index contributed by atoms with van der Waals surface area (Å²) in [6.45, 7) is 0.987. The summed E-state index contributed by atoms with van der Waals surface area (Å²) in [7, 11) is 0. The molecule has 0 spiro atoms. The summed E-state index contributed by atoms with van der Waals surface area (Å²) in [6.07, 6.45) is 1.83. The zero-order valence-corrected chi connectivity index (χ0v) is 11.3. The average molecular weight is 293 g/mol. The van der Waals surface area contributed by atoms with E-state index in [0.717, 1.165) is 19.4 Å². The number of hydrogen-bond acceptors (Lipinski definition) is 2. The first-order valence-corrected chi connectivity index (χ1v) is 6.00. The maximum Gasteiger partial charge on any atom is 0.237 e. The summed E-state index contributed by atoms with van der Waals surface area (Å²) in [5, 5.41) is 6.12. The van der Waals surface area contributed by atoms with Crippen LogP contribution >= 0.6 is 24.0 Å². The van der Waals surface area contributed by atoms with Gasteiger partial charge in [-0.25, -0.2) is 4.39 Å². The second kappa shape index (κ2) is 6.92. The van der Waals surface area contributed by atoms with Gasteiger partial charge in [-0.2, -0.15) is 0 Å². The Kier molecular flexibility index (Phi) is 5.85. The van der Waals surface area contributed by atoms with Crippen LogP contribution in [0.3, 0.4) is 0 Å². The van der Waals surface area contributed by atoms with Crippen LogP contribution < -0.4 is 10.6 Å². The fourth-order valence-corrected chi connectivity index (χ4v) is 2.14. The minimum absolute atomic E-state index is 0. The lowest BCUT2D eigenvalue weighted by atomic mass is 10.2. The third kappa shape index (κ3) is 3.57. The standard InChI is InChI=1S/C12H14ClFN2O.ClH/c13-9-3-1-4-10(14)8(9)7-16-12(17)11-5-2-6-15-11;/h1,3-4,11,15H,2,5-7H2,(H,16,17);1H. The van der Waals surface area contributed by atoms with E-state index >= 15 is 0 Å². The molecule has 2 rings (SSSR count). The highest BCUT2D eigenvalue weighted by Crippen LogP contribution is 2.18. The van der Waals surface area contributed by atoms with Gasteiger partial charge < -0.3 is 10.6 Å². The molecule has 1 amide bonds. The molecule has 1 heterocycles. The largest absolute Gasteiger partial charge is 0.351 e. The Labute approximate surface area is 116 Å². The molecule has 1 aromatic rings. The monoisotopic (exact) mass is 292 g/mol. The van der Waals surface area contributed by atoms with E-state index in [1.807, 2.05) is 0 Å². The molecular formula is C12H15Cl2FN2O. The maximum absolute atomic E-state index is 13.4. The van der Waals surface area contributed by atoms with Crippen LogP contribution in [0.4, 0.5) is 4.39 Å². The maximum atomic E-state index is 13.4. The van der Waals surface area contributed by atoms with E-state index in [4.69, 9.17) is 11.6 Å². The van der Waals surface area contributed by atoms with Gasteiger partial charge in [0.1, 0.15) is 5.82 Å². The molecule has 0 radical (unpaired) electrons. The molecular weight excluding hydrogens is 278 g/mol. The predicted molar refractivity (Wildman–Crippen MR) is 71.5 cm³/mol. The Hall–Kier alpha value is -0.840. The first-order chi connectivity index (χ1) is 8.18. The van der Waals surface area contributed by atoms with E-state index in [1.165, 1.54) is 6.07 Å². The lowest BCUT2D eigenvalue weighted by molar-refractivity contribution is -0.122. The fraction of sp³-hybridized carbons (Fsp3) is 0.417. The summed E-state index contributed by atoms with van der Waals surface area (Å²) in [6, 6.07) is 4.34. The Bertz CT molecular complexity index is 402. The lowest BCUT2D eigenvalue weighted by Gasteiger charge is -2.12. The van der Waals surface area contributed by atoms with E-state index < -0.39 is 5.82 Å². The molecule has 1 aliphatic rings. The van der Waals surface area contributed by atoms with Gasteiger partial charge in [0.15, 0.2) is 0 Å². The van der Waals surface area contributed by atoms with Crippen molar-refractivity contribution in [3.8, 4) is 0 Å². The number of carbonyl (C=O) groups is 1. The van der Waals surface area contributed by atoms with Crippen LogP contribution in [0, 0.1) is 5.82 Å². The summed E-state index contributed by atoms with van der Waals surface area (Å²) in [5.74, 6) is -0.487. The predicted octanol–water partition coefficient (Wildman–Crippen LogP) is 2.27. The van der Waals surface area contributed by atoms with Crippen LogP contribution in [0.5, 0.6) is 0 Å². The molecule has 1 aliphatic heterocycles. The van der Waals surface area contributed by atoms with Gasteiger partial charge in [0, 0.05) is 17.1 Å². The van der Waals surface area contributed by atoms with Crippen molar-refractivity contribution in [2.45, 2.75) is 25.4 Å². The Morgan fingerprint density at radius 3 is 2.94 bits per heavy atom. The third-order valence-corrected chi connectivity index (χ3v) is 3.23. The van der Waals surface area contributed by atoms with Gasteiger partial charge in [0.05, 0.1) is 6.04 Å². The number of amides is 1. The molecule has 1 saturated heterocycles. The number of hydrogen-bond donors (Lipinski definition) is 2. The van der Waals surface area contributed by atoms with E-state index in [1.54, 1.807) is 12.1 Å². The van der Waals surface area contributed by atoms with Crippen molar-refractivity contribution in [1.82, 2.24) is 10.6 Å². The molecule has 3 nitrogen and oxygen atoms in total. The van der Waals surface area contributed by atoms with E-state index in [2.05, 4.69) is 10.6 Å². The second-order valence-electron chi connectivity index (χ2n) is 4.07. The van der Waals surface area contributed by atoms with Crippen LogP contribution in [0.25, 0.3) is 0 Å². The number of nitrogens with one attached hydrogen (secondary N) is 2. The Balaban J connectivity index is 0.00000162. The quantitative estimate of drug-likeness (QED) is 0.897. The molecule has 1 aromatic carbocycles. The van der Waals surface area contributed by atoms with Crippen molar-refractivity contribution in [3.05, 3.63) is 34.6 Å². The van der Waals surface area contributed by atoms with Crippen molar-refractivity contribution in [2.75, 3.05) is 6.54 Å². The minimum atomic E-state index is -0.391. The normalized spacial score (nSPS) is 18.2. The van der Waals surface area contributed by atoms with E-state index in [9.17, 15) is 9.18 Å². The first-order valence-electron chi connectivity index (χ1n) is 5.62. The Morgan fingerprint density at radius 2 is 2.33 bits per heavy atom. The van der Waals surface area contributed by atoms with Crippen molar-refractivity contribution in [2.24, 2.45) is 0 Å². The molecule has 0 bridgehead atoms. The molecule has 6 heteroatoms. The molecule has 0 aliphatic carbocycles. The molecule has 18 heavy (non-hydrogen) atoms. The van der Waals surface area contributed by atoms with Gasteiger partial charge in [-0.3, -0.25) is 4.79 Å². The highest BCUT2D eigenvalue weighted by molar-refractivity contribution is 6.31. The minimum Gasteiger partial charge on any atom is -0.351 e. The summed E-state index contributed by atoms with van der Waals surface area (Å²) >= 11 is 5.87. The molecule has 2 N–H and O–H groups in total. The highest BCUT2D eigenvalue weighted by Gasteiger charge is 2.21.